The van der Waals surface area contributed by atoms with Crippen LogP contribution in [0.3, 0.4) is 0 Å². The van der Waals surface area contributed by atoms with E-state index in [1.807, 2.05) is 6.08 Å². The number of rotatable bonds is 29. The zero-order valence-corrected chi connectivity index (χ0v) is 31.3. The Morgan fingerprint density at radius 1 is 0.784 bits per heavy atom. The van der Waals surface area contributed by atoms with Gasteiger partial charge in [-0.05, 0) is 64.2 Å². The Morgan fingerprint density at radius 3 is 1.94 bits per heavy atom. The summed E-state index contributed by atoms with van der Waals surface area (Å²) in [6.45, 7) is 3.02. The molecular weight excluding hydrogens is 682 g/mol. The van der Waals surface area contributed by atoms with Crippen LogP contribution >= 0.6 is 0 Å². The third kappa shape index (κ3) is 22.0. The highest BCUT2D eigenvalue weighted by atomic mass is 32.3. The fourth-order valence-electron chi connectivity index (χ4n) is 5.37. The Hall–Kier alpha value is -1.98. The first-order valence-corrected chi connectivity index (χ1v) is 20.0. The summed E-state index contributed by atoms with van der Waals surface area (Å²) in [7, 11) is -5.12. The normalized spacial score (nSPS) is 23.5. The molecule has 1 heterocycles. The van der Waals surface area contributed by atoms with Gasteiger partial charge in [0.1, 0.15) is 30.5 Å². The summed E-state index contributed by atoms with van der Waals surface area (Å²) in [6, 6.07) is -1.14. The Balaban J connectivity index is 2.79. The lowest BCUT2D eigenvalue weighted by atomic mass is 9.99. The van der Waals surface area contributed by atoms with Crippen molar-refractivity contribution in [2.24, 2.45) is 0 Å². The van der Waals surface area contributed by atoms with Gasteiger partial charge in [0.25, 0.3) is 0 Å². The zero-order chi connectivity index (χ0) is 37.9. The molecule has 0 radical (unpaired) electrons. The maximum Gasteiger partial charge on any atom is 0.397 e. The van der Waals surface area contributed by atoms with Gasteiger partial charge in [0.05, 0.1) is 25.4 Å². The molecule has 0 aromatic rings. The molecule has 1 rings (SSSR count). The van der Waals surface area contributed by atoms with Crippen molar-refractivity contribution in [3.8, 4) is 0 Å². The first-order chi connectivity index (χ1) is 24.4. The summed E-state index contributed by atoms with van der Waals surface area (Å²) in [4.78, 5) is 13.0. The molecular formula is C37H65NO12S. The van der Waals surface area contributed by atoms with Crippen LogP contribution in [0.4, 0.5) is 0 Å². The van der Waals surface area contributed by atoms with Crippen molar-refractivity contribution in [1.82, 2.24) is 5.32 Å². The summed E-state index contributed by atoms with van der Waals surface area (Å²) in [5.41, 5.74) is 0. The maximum absolute atomic E-state index is 13.0. The predicted octanol–water partition coefficient (Wildman–Crippen LogP) is 4.34. The van der Waals surface area contributed by atoms with E-state index in [-0.39, 0.29) is 6.42 Å². The molecule has 0 aromatic heterocycles. The number of ether oxygens (including phenoxy) is 2. The summed E-state index contributed by atoms with van der Waals surface area (Å²) < 4.78 is 47.1. The molecule has 14 heteroatoms. The molecule has 1 fully saturated rings. The van der Waals surface area contributed by atoms with Crippen LogP contribution in [-0.4, -0.2) is 107 Å². The highest BCUT2D eigenvalue weighted by molar-refractivity contribution is 7.80. The van der Waals surface area contributed by atoms with E-state index in [0.717, 1.165) is 64.2 Å². The first-order valence-electron chi connectivity index (χ1n) is 18.6. The van der Waals surface area contributed by atoms with Crippen LogP contribution in [0.25, 0.3) is 0 Å². The number of carbonyl (C=O) groups is 1. The molecule has 13 nitrogen and oxygen atoms in total. The Labute approximate surface area is 305 Å². The number of aliphatic hydroxyl groups excluding tert-OH is 5. The summed E-state index contributed by atoms with van der Waals surface area (Å²) in [5, 5.41) is 54.7. The van der Waals surface area contributed by atoms with Crippen molar-refractivity contribution in [3.05, 3.63) is 48.6 Å². The molecule has 296 valence electrons. The number of hydrogen-bond donors (Lipinski definition) is 7. The van der Waals surface area contributed by atoms with Crippen LogP contribution in [0.15, 0.2) is 48.6 Å². The van der Waals surface area contributed by atoms with Crippen molar-refractivity contribution in [2.45, 2.75) is 166 Å². The number of hydrogen-bond acceptors (Lipinski definition) is 11. The number of amides is 1. The minimum absolute atomic E-state index is 0.216. The van der Waals surface area contributed by atoms with Gasteiger partial charge in [-0.2, -0.15) is 8.42 Å². The lowest BCUT2D eigenvalue weighted by Crippen LogP contribution is -2.61. The molecule has 0 saturated carbocycles. The van der Waals surface area contributed by atoms with E-state index in [2.05, 4.69) is 53.7 Å². The van der Waals surface area contributed by atoms with Gasteiger partial charge < -0.3 is 40.3 Å². The highest BCUT2D eigenvalue weighted by Gasteiger charge is 2.48. The summed E-state index contributed by atoms with van der Waals surface area (Å²) in [5.74, 6) is -0.733. The average molecular weight is 748 g/mol. The molecule has 0 aromatic carbocycles. The van der Waals surface area contributed by atoms with Crippen molar-refractivity contribution in [2.75, 3.05) is 13.2 Å². The highest BCUT2D eigenvalue weighted by Crippen LogP contribution is 2.26. The van der Waals surface area contributed by atoms with Crippen molar-refractivity contribution in [3.63, 3.8) is 0 Å². The van der Waals surface area contributed by atoms with E-state index in [1.165, 1.54) is 25.3 Å². The van der Waals surface area contributed by atoms with Crippen LogP contribution in [0.5, 0.6) is 0 Å². The molecule has 0 bridgehead atoms. The number of nitrogens with one attached hydrogen (secondary N) is 1. The molecule has 1 saturated heterocycles. The van der Waals surface area contributed by atoms with E-state index >= 15 is 0 Å². The van der Waals surface area contributed by atoms with Gasteiger partial charge >= 0.3 is 10.4 Å². The van der Waals surface area contributed by atoms with E-state index < -0.39 is 78.5 Å². The number of carbonyl (C=O) groups excluding carboxylic acids is 1. The SMILES string of the molecule is CCC/C=C/CC/C=C/CC/C=C/C(O)C(COC1OC(CO)C(O)C(OS(=O)(=O)O)C1O)NC(=O)C(O)CCCCCC/C=C\CCCCC. The topological polar surface area (TPSA) is 212 Å². The number of aliphatic hydroxyl groups is 5. The van der Waals surface area contributed by atoms with E-state index in [9.17, 15) is 38.7 Å². The lowest BCUT2D eigenvalue weighted by molar-refractivity contribution is -0.298. The molecule has 8 atom stereocenters. The average Bonchev–Trinajstić information content (AvgIpc) is 3.09. The Morgan fingerprint density at radius 2 is 1.35 bits per heavy atom. The van der Waals surface area contributed by atoms with Crippen LogP contribution in [0.2, 0.25) is 0 Å². The minimum Gasteiger partial charge on any atom is -0.394 e. The molecule has 0 spiro atoms. The number of unbranched alkanes of at least 4 members (excludes halogenated alkanes) is 10. The summed E-state index contributed by atoms with van der Waals surface area (Å²) in [6.07, 6.45) is 19.4. The van der Waals surface area contributed by atoms with Gasteiger partial charge in [-0.3, -0.25) is 9.35 Å². The monoisotopic (exact) mass is 747 g/mol. The third-order valence-electron chi connectivity index (χ3n) is 8.40. The fraction of sp³-hybridized carbons (Fsp3) is 0.757. The molecule has 1 aliphatic heterocycles. The molecule has 7 N–H and O–H groups in total. The Kier molecular flexibility index (Phi) is 26.3. The van der Waals surface area contributed by atoms with Crippen LogP contribution in [0.1, 0.15) is 117 Å². The van der Waals surface area contributed by atoms with Gasteiger partial charge in [0.15, 0.2) is 6.29 Å². The first kappa shape index (κ1) is 47.0. The van der Waals surface area contributed by atoms with E-state index in [4.69, 9.17) is 14.0 Å². The van der Waals surface area contributed by atoms with E-state index in [1.54, 1.807) is 6.08 Å². The maximum atomic E-state index is 13.0. The molecule has 0 aliphatic carbocycles. The van der Waals surface area contributed by atoms with Gasteiger partial charge in [-0.25, -0.2) is 4.18 Å². The molecule has 8 unspecified atom stereocenters. The molecule has 1 aliphatic rings. The second kappa shape index (κ2) is 28.5. The van der Waals surface area contributed by atoms with Crippen LogP contribution < -0.4 is 5.32 Å². The van der Waals surface area contributed by atoms with Crippen LogP contribution in [0, 0.1) is 0 Å². The number of allylic oxidation sites excluding steroid dienone is 7. The quantitative estimate of drug-likeness (QED) is 0.0324. The standard InChI is InChI=1S/C37H65NO12S/c1-3-5-7-9-11-13-15-17-19-21-23-25-30(40)29(28-48-37-34(43)35(50-51(45,46)47)33(42)32(27-39)49-37)38-36(44)31(41)26-24-22-20-18-16-14-12-10-8-6-4-2/h7,9,12,14-15,17,23,25,29-35,37,39-43H,3-6,8,10-11,13,16,18-22,24,26-28H2,1-2H3,(H,38,44)(H,45,46,47)/b9-7+,14-12-,17-15+,25-23+. The van der Waals surface area contributed by atoms with E-state index in [0.29, 0.717) is 12.8 Å². The molecule has 51 heavy (non-hydrogen) atoms. The predicted molar refractivity (Wildman–Crippen MR) is 196 cm³/mol. The van der Waals surface area contributed by atoms with Gasteiger partial charge in [-0.1, -0.05) is 101 Å². The van der Waals surface area contributed by atoms with Crippen molar-refractivity contribution < 1.29 is 57.0 Å². The smallest absolute Gasteiger partial charge is 0.394 e. The largest absolute Gasteiger partial charge is 0.397 e. The van der Waals surface area contributed by atoms with Crippen LogP contribution in [-0.2, 0) is 28.9 Å². The molecule has 1 amide bonds. The fourth-order valence-corrected chi connectivity index (χ4v) is 5.88. The minimum atomic E-state index is -5.12. The van der Waals surface area contributed by atoms with Gasteiger partial charge in [0, 0.05) is 0 Å². The second-order valence-electron chi connectivity index (χ2n) is 12.9. The zero-order valence-electron chi connectivity index (χ0n) is 30.5. The second-order valence-corrected chi connectivity index (χ2v) is 14.0. The third-order valence-corrected chi connectivity index (χ3v) is 8.86. The van der Waals surface area contributed by atoms with Crippen molar-refractivity contribution in [1.29, 1.82) is 0 Å². The van der Waals surface area contributed by atoms with Gasteiger partial charge in [-0.15, -0.1) is 0 Å². The Bertz CT molecular complexity index is 1130. The van der Waals surface area contributed by atoms with Crippen molar-refractivity contribution >= 4 is 16.3 Å². The summed E-state index contributed by atoms with van der Waals surface area (Å²) >= 11 is 0. The van der Waals surface area contributed by atoms with Gasteiger partial charge in [0.2, 0.25) is 5.91 Å². The lowest BCUT2D eigenvalue weighted by Gasteiger charge is -2.41.